The Labute approximate surface area is 103 Å². The number of hydrogen-bond acceptors (Lipinski definition) is 3. The number of thioether (sulfide) groups is 1. The standard InChI is InChI=1S/C12H23N3S/c1-9(2)12-11(7-15(4)14-12)6-13-10(3)8-16-5/h7,9-10,13H,6,8H2,1-5H3. The maximum absolute atomic E-state index is 4.51. The van der Waals surface area contributed by atoms with E-state index in [4.69, 9.17) is 0 Å². The van der Waals surface area contributed by atoms with Crippen LogP contribution in [0.2, 0.25) is 0 Å². The molecule has 92 valence electrons. The van der Waals surface area contributed by atoms with E-state index in [-0.39, 0.29) is 0 Å². The molecule has 1 aromatic heterocycles. The van der Waals surface area contributed by atoms with Crippen LogP contribution in [-0.2, 0) is 13.6 Å². The van der Waals surface area contributed by atoms with E-state index < -0.39 is 0 Å². The first-order valence-corrected chi connectivity index (χ1v) is 7.18. The second-order valence-electron chi connectivity index (χ2n) is 4.61. The van der Waals surface area contributed by atoms with Gasteiger partial charge in [-0.1, -0.05) is 13.8 Å². The van der Waals surface area contributed by atoms with Gasteiger partial charge in [-0.15, -0.1) is 0 Å². The Morgan fingerprint density at radius 2 is 2.12 bits per heavy atom. The summed E-state index contributed by atoms with van der Waals surface area (Å²) in [4.78, 5) is 0. The molecule has 0 fully saturated rings. The molecular weight excluding hydrogens is 218 g/mol. The second kappa shape index (κ2) is 6.30. The van der Waals surface area contributed by atoms with Crippen molar-refractivity contribution in [3.8, 4) is 0 Å². The van der Waals surface area contributed by atoms with Crippen LogP contribution in [0.5, 0.6) is 0 Å². The molecule has 0 bridgehead atoms. The molecule has 0 aromatic carbocycles. The van der Waals surface area contributed by atoms with Crippen LogP contribution in [0, 0.1) is 0 Å². The summed E-state index contributed by atoms with van der Waals surface area (Å²) in [6.07, 6.45) is 4.26. The van der Waals surface area contributed by atoms with Gasteiger partial charge in [-0.05, 0) is 19.1 Å². The van der Waals surface area contributed by atoms with Crippen molar-refractivity contribution in [1.82, 2.24) is 15.1 Å². The summed E-state index contributed by atoms with van der Waals surface area (Å²) in [5.41, 5.74) is 2.54. The number of nitrogens with zero attached hydrogens (tertiary/aromatic N) is 2. The van der Waals surface area contributed by atoms with E-state index in [9.17, 15) is 0 Å². The van der Waals surface area contributed by atoms with Crippen LogP contribution in [0.3, 0.4) is 0 Å². The van der Waals surface area contributed by atoms with Crippen LogP contribution >= 0.6 is 11.8 Å². The summed E-state index contributed by atoms with van der Waals surface area (Å²) in [6.45, 7) is 7.53. The smallest absolute Gasteiger partial charge is 0.0694 e. The minimum atomic E-state index is 0.494. The number of aryl methyl sites for hydroxylation is 1. The molecule has 0 radical (unpaired) electrons. The van der Waals surface area contributed by atoms with Crippen LogP contribution in [-0.4, -0.2) is 27.8 Å². The van der Waals surface area contributed by atoms with Crippen molar-refractivity contribution in [3.05, 3.63) is 17.5 Å². The number of rotatable bonds is 6. The van der Waals surface area contributed by atoms with E-state index in [1.165, 1.54) is 11.3 Å². The second-order valence-corrected chi connectivity index (χ2v) is 5.52. The monoisotopic (exact) mass is 241 g/mol. The first kappa shape index (κ1) is 13.6. The zero-order valence-corrected chi connectivity index (χ0v) is 11.8. The summed E-state index contributed by atoms with van der Waals surface area (Å²) < 4.78 is 1.91. The Balaban J connectivity index is 2.59. The highest BCUT2D eigenvalue weighted by molar-refractivity contribution is 7.98. The topological polar surface area (TPSA) is 29.9 Å². The zero-order valence-electron chi connectivity index (χ0n) is 10.9. The van der Waals surface area contributed by atoms with Gasteiger partial charge in [0.2, 0.25) is 0 Å². The number of nitrogens with one attached hydrogen (secondary N) is 1. The highest BCUT2D eigenvalue weighted by atomic mass is 32.2. The van der Waals surface area contributed by atoms with Crippen LogP contribution in [0.4, 0.5) is 0 Å². The van der Waals surface area contributed by atoms with Crippen molar-refractivity contribution < 1.29 is 0 Å². The van der Waals surface area contributed by atoms with E-state index in [0.717, 1.165) is 12.3 Å². The average Bonchev–Trinajstić information content (AvgIpc) is 2.57. The van der Waals surface area contributed by atoms with Gasteiger partial charge in [-0.3, -0.25) is 4.68 Å². The molecule has 1 N–H and O–H groups in total. The van der Waals surface area contributed by atoms with E-state index in [1.54, 1.807) is 0 Å². The van der Waals surface area contributed by atoms with Crippen molar-refractivity contribution in [2.24, 2.45) is 7.05 Å². The molecule has 1 heterocycles. The Hall–Kier alpha value is -0.480. The van der Waals surface area contributed by atoms with Gasteiger partial charge < -0.3 is 5.32 Å². The molecule has 0 amide bonds. The molecule has 1 rings (SSSR count). The van der Waals surface area contributed by atoms with Gasteiger partial charge in [0.15, 0.2) is 0 Å². The molecule has 4 heteroatoms. The van der Waals surface area contributed by atoms with E-state index in [0.29, 0.717) is 12.0 Å². The third kappa shape index (κ3) is 3.83. The summed E-state index contributed by atoms with van der Waals surface area (Å²) in [7, 11) is 1.99. The maximum Gasteiger partial charge on any atom is 0.0694 e. The highest BCUT2D eigenvalue weighted by Gasteiger charge is 2.11. The van der Waals surface area contributed by atoms with E-state index in [2.05, 4.69) is 43.6 Å². The van der Waals surface area contributed by atoms with Crippen LogP contribution in [0.1, 0.15) is 37.9 Å². The van der Waals surface area contributed by atoms with E-state index >= 15 is 0 Å². The van der Waals surface area contributed by atoms with Gasteiger partial charge in [0.05, 0.1) is 5.69 Å². The lowest BCUT2D eigenvalue weighted by Gasteiger charge is -2.12. The Kier molecular flexibility index (Phi) is 5.35. The fourth-order valence-electron chi connectivity index (χ4n) is 1.77. The van der Waals surface area contributed by atoms with Gasteiger partial charge in [-0.2, -0.15) is 16.9 Å². The number of aromatic nitrogens is 2. The molecule has 0 saturated heterocycles. The van der Waals surface area contributed by atoms with Gasteiger partial charge in [0, 0.05) is 37.1 Å². The van der Waals surface area contributed by atoms with Crippen LogP contribution in [0.25, 0.3) is 0 Å². The van der Waals surface area contributed by atoms with Gasteiger partial charge >= 0.3 is 0 Å². The SMILES string of the molecule is CSCC(C)NCc1cn(C)nc1C(C)C. The Morgan fingerprint density at radius 3 is 2.69 bits per heavy atom. The Morgan fingerprint density at radius 1 is 1.44 bits per heavy atom. The normalized spacial score (nSPS) is 13.4. The first-order valence-electron chi connectivity index (χ1n) is 5.79. The summed E-state index contributed by atoms with van der Waals surface area (Å²) in [5.74, 6) is 1.64. The summed E-state index contributed by atoms with van der Waals surface area (Å²) in [5, 5.41) is 8.04. The molecule has 0 saturated carbocycles. The largest absolute Gasteiger partial charge is 0.309 e. The molecular formula is C12H23N3S. The molecule has 0 aliphatic heterocycles. The summed E-state index contributed by atoms with van der Waals surface area (Å²) in [6, 6.07) is 0.551. The lowest BCUT2D eigenvalue weighted by Crippen LogP contribution is -2.27. The lowest BCUT2D eigenvalue weighted by molar-refractivity contribution is 0.591. The van der Waals surface area contributed by atoms with Crippen molar-refractivity contribution in [1.29, 1.82) is 0 Å². The Bertz CT molecular complexity index is 320. The van der Waals surface area contributed by atoms with E-state index in [1.807, 2.05) is 23.5 Å². The molecule has 0 spiro atoms. The first-order chi connectivity index (χ1) is 7.54. The predicted octanol–water partition coefficient (Wildman–Crippen LogP) is 2.38. The predicted molar refractivity (Wildman–Crippen MR) is 72.0 cm³/mol. The minimum Gasteiger partial charge on any atom is -0.309 e. The van der Waals surface area contributed by atoms with Crippen LogP contribution in [0.15, 0.2) is 6.20 Å². The average molecular weight is 241 g/mol. The maximum atomic E-state index is 4.51. The summed E-state index contributed by atoms with van der Waals surface area (Å²) >= 11 is 1.88. The van der Waals surface area contributed by atoms with Crippen molar-refractivity contribution in [2.75, 3.05) is 12.0 Å². The molecule has 1 atom stereocenters. The minimum absolute atomic E-state index is 0.494. The highest BCUT2D eigenvalue weighted by Crippen LogP contribution is 2.17. The lowest BCUT2D eigenvalue weighted by atomic mass is 10.1. The number of hydrogen-bond donors (Lipinski definition) is 1. The van der Waals surface area contributed by atoms with Crippen molar-refractivity contribution in [2.45, 2.75) is 39.3 Å². The molecule has 0 aliphatic rings. The van der Waals surface area contributed by atoms with Crippen molar-refractivity contribution in [3.63, 3.8) is 0 Å². The third-order valence-electron chi connectivity index (χ3n) is 2.54. The molecule has 3 nitrogen and oxygen atoms in total. The molecule has 0 aliphatic carbocycles. The van der Waals surface area contributed by atoms with Gasteiger partial charge in [0.1, 0.15) is 0 Å². The fourth-order valence-corrected chi connectivity index (χ4v) is 2.39. The van der Waals surface area contributed by atoms with Gasteiger partial charge in [0.25, 0.3) is 0 Å². The third-order valence-corrected chi connectivity index (χ3v) is 3.37. The zero-order chi connectivity index (χ0) is 12.1. The van der Waals surface area contributed by atoms with Crippen molar-refractivity contribution >= 4 is 11.8 Å². The molecule has 16 heavy (non-hydrogen) atoms. The fraction of sp³-hybridized carbons (Fsp3) is 0.750. The quantitative estimate of drug-likeness (QED) is 0.829. The molecule has 1 aromatic rings. The molecule has 1 unspecified atom stereocenters. The van der Waals surface area contributed by atoms with Gasteiger partial charge in [-0.25, -0.2) is 0 Å². The van der Waals surface area contributed by atoms with Crippen LogP contribution < -0.4 is 5.32 Å².